The van der Waals surface area contributed by atoms with Crippen LogP contribution in [-0.2, 0) is 14.3 Å². The molecule has 0 aliphatic heterocycles. The van der Waals surface area contributed by atoms with E-state index in [1.54, 1.807) is 0 Å². The fourth-order valence-corrected chi connectivity index (χ4v) is 7.49. The summed E-state index contributed by atoms with van der Waals surface area (Å²) < 4.78 is 5.95. The van der Waals surface area contributed by atoms with E-state index >= 15 is 0 Å². The Hall–Kier alpha value is -1.96. The van der Waals surface area contributed by atoms with Gasteiger partial charge in [-0.05, 0) is 86.7 Å². The molecule has 3 aliphatic rings. The summed E-state index contributed by atoms with van der Waals surface area (Å²) in [5, 5.41) is 39.5. The molecule has 220 valence electrons. The summed E-state index contributed by atoms with van der Waals surface area (Å²) in [6.07, 6.45) is 9.91. The van der Waals surface area contributed by atoms with Crippen LogP contribution in [0.15, 0.2) is 35.5 Å². The SMILES string of the molecule is C=C1/C(=C\C=C2/C[C@H](OC(=O)CCCC(=O)O)C[C@]3(C)[C@@H]([C@H](C)CCCC(C)(C)O)CC[C@@H]23)C[C@@H](O)C[C@@H]1O. The Morgan fingerprint density at radius 1 is 1.15 bits per heavy atom. The Balaban J connectivity index is 1.82. The van der Waals surface area contributed by atoms with Crippen LogP contribution < -0.4 is 0 Å². The predicted octanol–water partition coefficient (Wildman–Crippen LogP) is 5.48. The summed E-state index contributed by atoms with van der Waals surface area (Å²) >= 11 is 0. The van der Waals surface area contributed by atoms with Crippen molar-refractivity contribution in [2.45, 2.75) is 129 Å². The van der Waals surface area contributed by atoms with Crippen LogP contribution >= 0.6 is 0 Å². The monoisotopic (exact) mass is 546 g/mol. The Kier molecular flexibility index (Phi) is 10.6. The lowest BCUT2D eigenvalue weighted by Gasteiger charge is -2.47. The average Bonchev–Trinajstić information content (AvgIpc) is 3.16. The van der Waals surface area contributed by atoms with E-state index in [0.29, 0.717) is 42.6 Å². The molecule has 0 aromatic heterocycles. The standard InChI is InChI=1S/C32H50O7/c1-20(8-7-15-31(3,4)38)26-13-14-27-23(12-11-22-16-24(33)18-28(34)21(22)2)17-25(19-32(26,27)5)39-30(37)10-6-9-29(35)36/h11-12,20,24-28,33-34,38H,2,6-10,13-19H2,1,3-5H3,(H,35,36)/b22-11-,23-12+/t20-,24-,25+,26-,27+,28+,32-/m1/s1. The normalized spacial score (nSPS) is 34.2. The van der Waals surface area contributed by atoms with Crippen molar-refractivity contribution < 1.29 is 34.8 Å². The first-order chi connectivity index (χ1) is 18.2. The van der Waals surface area contributed by atoms with Gasteiger partial charge in [-0.3, -0.25) is 9.59 Å². The predicted molar refractivity (Wildman–Crippen MR) is 151 cm³/mol. The number of carbonyl (C=O) groups is 2. The Bertz CT molecular complexity index is 958. The molecule has 0 aromatic rings. The number of aliphatic hydroxyl groups excluding tert-OH is 2. The molecule has 0 aromatic carbocycles. The fraction of sp³-hybridized carbons (Fsp3) is 0.750. The summed E-state index contributed by atoms with van der Waals surface area (Å²) in [5.41, 5.74) is 2.03. The number of esters is 1. The number of allylic oxidation sites excluding steroid dienone is 2. The molecule has 7 heteroatoms. The van der Waals surface area contributed by atoms with Crippen LogP contribution in [0.1, 0.15) is 105 Å². The molecule has 0 saturated heterocycles. The van der Waals surface area contributed by atoms with Crippen LogP contribution in [0.3, 0.4) is 0 Å². The molecular weight excluding hydrogens is 496 g/mol. The minimum Gasteiger partial charge on any atom is -0.481 e. The van der Waals surface area contributed by atoms with Gasteiger partial charge in [0.1, 0.15) is 6.10 Å². The number of aliphatic hydroxyl groups is 3. The van der Waals surface area contributed by atoms with Gasteiger partial charge in [-0.2, -0.15) is 0 Å². The molecule has 0 unspecified atom stereocenters. The van der Waals surface area contributed by atoms with Crippen molar-refractivity contribution >= 4 is 11.9 Å². The van der Waals surface area contributed by atoms with E-state index in [2.05, 4.69) is 26.5 Å². The lowest BCUT2D eigenvalue weighted by Crippen LogP contribution is -2.42. The highest BCUT2D eigenvalue weighted by Crippen LogP contribution is 2.60. The Morgan fingerprint density at radius 3 is 2.54 bits per heavy atom. The van der Waals surface area contributed by atoms with E-state index < -0.39 is 23.8 Å². The van der Waals surface area contributed by atoms with Crippen molar-refractivity contribution in [1.82, 2.24) is 0 Å². The largest absolute Gasteiger partial charge is 0.481 e. The molecular formula is C32H50O7. The van der Waals surface area contributed by atoms with E-state index in [-0.39, 0.29) is 36.8 Å². The number of ether oxygens (including phenoxy) is 1. The Labute approximate surface area is 234 Å². The highest BCUT2D eigenvalue weighted by molar-refractivity contribution is 5.71. The van der Waals surface area contributed by atoms with E-state index in [0.717, 1.165) is 44.1 Å². The first-order valence-corrected chi connectivity index (χ1v) is 14.8. The number of rotatable bonds is 11. The first-order valence-electron chi connectivity index (χ1n) is 14.8. The summed E-state index contributed by atoms with van der Waals surface area (Å²) in [5.74, 6) is 0.0176. The molecule has 0 bridgehead atoms. The summed E-state index contributed by atoms with van der Waals surface area (Å²) in [6.45, 7) is 12.4. The van der Waals surface area contributed by atoms with Crippen molar-refractivity contribution in [3.05, 3.63) is 35.5 Å². The van der Waals surface area contributed by atoms with Gasteiger partial charge >= 0.3 is 11.9 Å². The summed E-state index contributed by atoms with van der Waals surface area (Å²) in [4.78, 5) is 23.5. The smallest absolute Gasteiger partial charge is 0.306 e. The topological polar surface area (TPSA) is 124 Å². The van der Waals surface area contributed by atoms with Gasteiger partial charge in [-0.1, -0.05) is 51.0 Å². The van der Waals surface area contributed by atoms with Crippen molar-refractivity contribution in [1.29, 1.82) is 0 Å². The number of carboxylic acids is 1. The highest BCUT2D eigenvalue weighted by Gasteiger charge is 2.53. The zero-order chi connectivity index (χ0) is 29.0. The zero-order valence-electron chi connectivity index (χ0n) is 24.3. The minimum absolute atomic E-state index is 0.0502. The van der Waals surface area contributed by atoms with E-state index in [9.17, 15) is 24.9 Å². The van der Waals surface area contributed by atoms with Gasteiger partial charge in [-0.15, -0.1) is 0 Å². The molecule has 3 fully saturated rings. The van der Waals surface area contributed by atoms with Gasteiger partial charge in [0.25, 0.3) is 0 Å². The van der Waals surface area contributed by atoms with Crippen LogP contribution in [0, 0.1) is 23.2 Å². The van der Waals surface area contributed by atoms with Gasteiger partial charge in [0.15, 0.2) is 0 Å². The molecule has 0 amide bonds. The van der Waals surface area contributed by atoms with Crippen LogP contribution in [0.5, 0.6) is 0 Å². The van der Waals surface area contributed by atoms with Crippen molar-refractivity contribution in [2.75, 3.05) is 0 Å². The van der Waals surface area contributed by atoms with Gasteiger partial charge in [-0.25, -0.2) is 0 Å². The molecule has 0 radical (unpaired) electrons. The lowest BCUT2D eigenvalue weighted by atomic mass is 9.60. The van der Waals surface area contributed by atoms with Crippen LogP contribution in [0.4, 0.5) is 0 Å². The Morgan fingerprint density at radius 2 is 1.87 bits per heavy atom. The van der Waals surface area contributed by atoms with Crippen molar-refractivity contribution in [3.8, 4) is 0 Å². The maximum atomic E-state index is 12.6. The van der Waals surface area contributed by atoms with Crippen LogP contribution in [0.2, 0.25) is 0 Å². The number of hydrogen-bond acceptors (Lipinski definition) is 6. The third kappa shape index (κ3) is 8.51. The number of aliphatic carboxylic acids is 1. The van der Waals surface area contributed by atoms with E-state index in [4.69, 9.17) is 9.84 Å². The van der Waals surface area contributed by atoms with Gasteiger partial charge < -0.3 is 25.2 Å². The molecule has 0 spiro atoms. The molecule has 4 N–H and O–H groups in total. The second-order valence-electron chi connectivity index (χ2n) is 13.3. The summed E-state index contributed by atoms with van der Waals surface area (Å²) in [7, 11) is 0. The van der Waals surface area contributed by atoms with E-state index in [1.165, 1.54) is 5.57 Å². The zero-order valence-corrected chi connectivity index (χ0v) is 24.3. The van der Waals surface area contributed by atoms with Gasteiger partial charge in [0.05, 0.1) is 17.8 Å². The van der Waals surface area contributed by atoms with Crippen molar-refractivity contribution in [2.24, 2.45) is 23.2 Å². The molecule has 7 atom stereocenters. The summed E-state index contributed by atoms with van der Waals surface area (Å²) in [6, 6.07) is 0. The molecule has 39 heavy (non-hydrogen) atoms. The van der Waals surface area contributed by atoms with Crippen LogP contribution in [-0.4, -0.2) is 56.3 Å². The second kappa shape index (κ2) is 13.1. The average molecular weight is 547 g/mol. The van der Waals surface area contributed by atoms with E-state index in [1.807, 2.05) is 19.9 Å². The molecule has 3 aliphatic carbocycles. The molecule has 0 heterocycles. The third-order valence-corrected chi connectivity index (χ3v) is 9.46. The number of carboxylic acid groups (broad SMARTS) is 1. The van der Waals surface area contributed by atoms with Gasteiger partial charge in [0, 0.05) is 25.7 Å². The van der Waals surface area contributed by atoms with Crippen LogP contribution in [0.25, 0.3) is 0 Å². The fourth-order valence-electron chi connectivity index (χ4n) is 7.49. The molecule has 3 saturated carbocycles. The maximum Gasteiger partial charge on any atom is 0.306 e. The van der Waals surface area contributed by atoms with Crippen molar-refractivity contribution in [3.63, 3.8) is 0 Å². The highest BCUT2D eigenvalue weighted by atomic mass is 16.5. The first kappa shape index (κ1) is 31.6. The number of carbonyl (C=O) groups excluding carboxylic acids is 1. The lowest BCUT2D eigenvalue weighted by molar-refractivity contribution is -0.153. The second-order valence-corrected chi connectivity index (χ2v) is 13.3. The molecule has 3 rings (SSSR count). The quantitative estimate of drug-likeness (QED) is 0.253. The third-order valence-electron chi connectivity index (χ3n) is 9.46. The van der Waals surface area contributed by atoms with Gasteiger partial charge in [0.2, 0.25) is 0 Å². The molecule has 7 nitrogen and oxygen atoms in total. The number of hydrogen-bond donors (Lipinski definition) is 4. The maximum absolute atomic E-state index is 12.6. The number of fused-ring (bicyclic) bond motifs is 1. The minimum atomic E-state index is -0.916.